The van der Waals surface area contributed by atoms with Crippen LogP contribution in [0.1, 0.15) is 107 Å². The summed E-state index contributed by atoms with van der Waals surface area (Å²) in [6.07, 6.45) is 10.2. The Kier molecular flexibility index (Phi) is 8.93. The zero-order valence-corrected chi connectivity index (χ0v) is 26.3. The Hall–Kier alpha value is -3.45. The quantitative estimate of drug-likeness (QED) is 0.318. The van der Waals surface area contributed by atoms with Crippen LogP contribution in [-0.4, -0.2) is 38.6 Å². The van der Waals surface area contributed by atoms with Gasteiger partial charge in [-0.3, -0.25) is 9.36 Å². The highest BCUT2D eigenvalue weighted by atomic mass is 19.3. The van der Waals surface area contributed by atoms with Gasteiger partial charge in [-0.25, -0.2) is 23.1 Å². The second-order valence-corrected chi connectivity index (χ2v) is 13.3. The summed E-state index contributed by atoms with van der Waals surface area (Å²) in [6.45, 7) is 5.54. The van der Waals surface area contributed by atoms with E-state index < -0.39 is 34.7 Å². The molecule has 8 bridgehead atoms. The number of hydrogen-bond donors (Lipinski definition) is 1. The lowest BCUT2D eigenvalue weighted by atomic mass is 9.84. The number of alkyl halides is 2. The van der Waals surface area contributed by atoms with Crippen LogP contribution in [0.15, 0.2) is 35.4 Å². The highest BCUT2D eigenvalue weighted by Crippen LogP contribution is 2.47. The number of halogens is 3. The third kappa shape index (κ3) is 5.96. The van der Waals surface area contributed by atoms with Crippen LogP contribution in [0.5, 0.6) is 0 Å². The highest BCUT2D eigenvalue weighted by Gasteiger charge is 2.48. The number of benzene rings is 1. The van der Waals surface area contributed by atoms with Crippen LogP contribution in [0.25, 0.3) is 11.0 Å². The average Bonchev–Trinajstić information content (AvgIpc) is 3.84. The first kappa shape index (κ1) is 31.5. The van der Waals surface area contributed by atoms with Gasteiger partial charge in [-0.15, -0.1) is 0 Å². The van der Waals surface area contributed by atoms with E-state index in [1.54, 1.807) is 17.6 Å². The van der Waals surface area contributed by atoms with Crippen molar-refractivity contribution < 1.29 is 13.2 Å². The third-order valence-corrected chi connectivity index (χ3v) is 10.5. The lowest BCUT2D eigenvalue weighted by Crippen LogP contribution is -2.44. The monoisotopic (exact) mass is 620 g/mol. The van der Waals surface area contributed by atoms with Crippen LogP contribution in [-0.2, 0) is 17.9 Å². The molecule has 0 spiro atoms. The standard InChI is InChI=1S/C35H43F3N6O/c1-3-25-10-7-5-4-6-8-17-44-32-27(20-29(33(44)45)34(21-39)15-16-34)31(40-22-41-32)42-23(2)26-11-9-12-28(30(26)36)35(37,38)24-13-18-43(25)19-14-24/h9,11-12,20,22-25H,3-8,10,13-19H2,1-2H3,(H,40,41,42)/t23-,25?/m1/s1. The van der Waals surface area contributed by atoms with Crippen molar-refractivity contribution in [3.8, 4) is 6.07 Å². The lowest BCUT2D eigenvalue weighted by Gasteiger charge is -2.40. The summed E-state index contributed by atoms with van der Waals surface area (Å²) in [6, 6.07) is 7.94. The normalized spacial score (nSPS) is 26.8. The van der Waals surface area contributed by atoms with E-state index in [9.17, 15) is 10.1 Å². The second-order valence-electron chi connectivity index (χ2n) is 13.3. The molecule has 0 radical (unpaired) electrons. The van der Waals surface area contributed by atoms with E-state index in [1.165, 1.54) is 24.5 Å². The van der Waals surface area contributed by atoms with Crippen LogP contribution in [0.4, 0.5) is 19.0 Å². The zero-order valence-electron chi connectivity index (χ0n) is 26.3. The van der Waals surface area contributed by atoms with Gasteiger partial charge in [0.1, 0.15) is 23.6 Å². The topological polar surface area (TPSA) is 86.8 Å². The third-order valence-electron chi connectivity index (χ3n) is 10.5. The van der Waals surface area contributed by atoms with Crippen LogP contribution < -0.4 is 10.9 Å². The van der Waals surface area contributed by atoms with E-state index >= 15 is 13.2 Å². The Balaban J connectivity index is 1.41. The smallest absolute Gasteiger partial charge is 0.278 e. The van der Waals surface area contributed by atoms with Gasteiger partial charge >= 0.3 is 0 Å². The van der Waals surface area contributed by atoms with E-state index in [0.717, 1.165) is 44.9 Å². The molecular weight excluding hydrogens is 577 g/mol. The molecule has 7 rings (SSSR count). The lowest BCUT2D eigenvalue weighted by molar-refractivity contribution is -0.0913. The molecule has 1 unspecified atom stereocenters. The average molecular weight is 621 g/mol. The molecule has 2 fully saturated rings. The van der Waals surface area contributed by atoms with Gasteiger partial charge in [0.05, 0.1) is 28.5 Å². The number of aryl methyl sites for hydroxylation is 1. The number of nitrogens with one attached hydrogen (secondary N) is 1. The fraction of sp³-hybridized carbons (Fsp3) is 0.600. The first-order chi connectivity index (χ1) is 21.7. The first-order valence-corrected chi connectivity index (χ1v) is 16.7. The van der Waals surface area contributed by atoms with Crippen molar-refractivity contribution >= 4 is 16.9 Å². The van der Waals surface area contributed by atoms with Gasteiger partial charge in [0.25, 0.3) is 11.5 Å². The van der Waals surface area contributed by atoms with E-state index in [1.807, 2.05) is 0 Å². The van der Waals surface area contributed by atoms with Gasteiger partial charge in [0.15, 0.2) is 0 Å². The van der Waals surface area contributed by atoms with Crippen molar-refractivity contribution in [2.75, 3.05) is 18.4 Å². The molecule has 5 heterocycles. The van der Waals surface area contributed by atoms with Crippen molar-refractivity contribution in [3.05, 3.63) is 63.5 Å². The Morgan fingerprint density at radius 3 is 2.47 bits per heavy atom. The number of rotatable bonds is 2. The van der Waals surface area contributed by atoms with E-state index in [-0.39, 0.29) is 11.1 Å². The summed E-state index contributed by atoms with van der Waals surface area (Å²) in [7, 11) is 0. The minimum Gasteiger partial charge on any atom is -0.363 e. The Bertz CT molecular complexity index is 1640. The number of fused-ring (bicyclic) bond motifs is 10. The molecule has 1 aromatic carbocycles. The van der Waals surface area contributed by atoms with Gasteiger partial charge in [0, 0.05) is 29.6 Å². The molecule has 45 heavy (non-hydrogen) atoms. The molecule has 10 heteroatoms. The van der Waals surface area contributed by atoms with Crippen molar-refractivity contribution in [3.63, 3.8) is 0 Å². The molecule has 3 aromatic rings. The molecular formula is C35H43F3N6O. The summed E-state index contributed by atoms with van der Waals surface area (Å²) in [5.41, 5.74) is -0.594. The number of anilines is 1. The van der Waals surface area contributed by atoms with Gasteiger partial charge in [-0.05, 0) is 71.0 Å². The SMILES string of the molecule is CCC1CCCCCCCn2c(=O)c(C3(C#N)CC3)cc3c(ncnc32)N[C@H](C)c2cccc(c2F)C(F)(F)C2CCN1CC2. The van der Waals surface area contributed by atoms with E-state index in [2.05, 4.69) is 33.2 Å². The second kappa shape index (κ2) is 12.7. The fourth-order valence-electron chi connectivity index (χ4n) is 7.51. The number of nitrogens with zero attached hydrogens (tertiary/aromatic N) is 5. The van der Waals surface area contributed by atoms with E-state index in [4.69, 9.17) is 0 Å². The van der Waals surface area contributed by atoms with Crippen LogP contribution in [0.3, 0.4) is 0 Å². The minimum atomic E-state index is -3.30. The molecule has 1 N–H and O–H groups in total. The van der Waals surface area contributed by atoms with Crippen molar-refractivity contribution in [2.24, 2.45) is 5.92 Å². The van der Waals surface area contributed by atoms with Crippen LogP contribution in [0.2, 0.25) is 0 Å². The maximum absolute atomic E-state index is 16.0. The minimum absolute atomic E-state index is 0.119. The van der Waals surface area contributed by atoms with Crippen molar-refractivity contribution in [1.29, 1.82) is 5.26 Å². The highest BCUT2D eigenvalue weighted by molar-refractivity contribution is 5.87. The maximum atomic E-state index is 16.0. The molecule has 1 aliphatic carbocycles. The predicted molar refractivity (Wildman–Crippen MR) is 169 cm³/mol. The zero-order chi connectivity index (χ0) is 31.8. The maximum Gasteiger partial charge on any atom is 0.278 e. The van der Waals surface area contributed by atoms with Gasteiger partial charge in [0.2, 0.25) is 0 Å². The molecule has 3 aliphatic heterocycles. The number of pyridine rings is 1. The van der Waals surface area contributed by atoms with Gasteiger partial charge in [-0.2, -0.15) is 5.26 Å². The summed E-state index contributed by atoms with van der Waals surface area (Å²) in [5, 5.41) is 13.8. The number of hydrogen-bond acceptors (Lipinski definition) is 6. The molecule has 1 saturated carbocycles. The predicted octanol–water partition coefficient (Wildman–Crippen LogP) is 7.60. The number of piperidine rings is 1. The molecule has 4 aliphatic rings. The number of nitriles is 1. The molecule has 2 atom stereocenters. The molecule has 7 nitrogen and oxygen atoms in total. The summed E-state index contributed by atoms with van der Waals surface area (Å²) < 4.78 is 49.7. The largest absolute Gasteiger partial charge is 0.363 e. The van der Waals surface area contributed by atoms with Crippen molar-refractivity contribution in [1.82, 2.24) is 19.4 Å². The Morgan fingerprint density at radius 1 is 1.02 bits per heavy atom. The summed E-state index contributed by atoms with van der Waals surface area (Å²) in [4.78, 5) is 25.0. The number of aromatic nitrogens is 3. The van der Waals surface area contributed by atoms with Gasteiger partial charge in [-0.1, -0.05) is 50.8 Å². The first-order valence-electron chi connectivity index (χ1n) is 16.7. The van der Waals surface area contributed by atoms with Crippen LogP contribution >= 0.6 is 0 Å². The Labute approximate surface area is 262 Å². The van der Waals surface area contributed by atoms with Crippen molar-refractivity contribution in [2.45, 2.75) is 114 Å². The summed E-state index contributed by atoms with van der Waals surface area (Å²) >= 11 is 0. The summed E-state index contributed by atoms with van der Waals surface area (Å²) in [5.74, 6) is -4.76. The molecule has 2 aromatic heterocycles. The fourth-order valence-corrected chi connectivity index (χ4v) is 7.51. The molecule has 0 amide bonds. The van der Waals surface area contributed by atoms with E-state index in [0.29, 0.717) is 73.8 Å². The Morgan fingerprint density at radius 2 is 1.76 bits per heavy atom. The van der Waals surface area contributed by atoms with Crippen LogP contribution in [0, 0.1) is 23.1 Å². The molecule has 1 saturated heterocycles. The molecule has 240 valence electrons. The van der Waals surface area contributed by atoms with Gasteiger partial charge < -0.3 is 10.2 Å².